The summed E-state index contributed by atoms with van der Waals surface area (Å²) in [5.41, 5.74) is 0.115. The summed E-state index contributed by atoms with van der Waals surface area (Å²) in [6.07, 6.45) is -0.172. The van der Waals surface area contributed by atoms with Crippen molar-refractivity contribution in [3.63, 3.8) is 0 Å². The van der Waals surface area contributed by atoms with Crippen LogP contribution in [-0.2, 0) is 22.6 Å². The average Bonchev–Trinajstić information content (AvgIpc) is 3.13. The van der Waals surface area contributed by atoms with Crippen LogP contribution in [0, 0.1) is 5.82 Å². The van der Waals surface area contributed by atoms with E-state index in [0.29, 0.717) is 11.4 Å². The molecule has 3 aromatic rings. The maximum absolute atomic E-state index is 13.7. The third-order valence-corrected chi connectivity index (χ3v) is 4.02. The Kier molecular flexibility index (Phi) is 6.40. The van der Waals surface area contributed by atoms with Crippen LogP contribution in [0.1, 0.15) is 22.1 Å². The number of hydrogen-bond acceptors (Lipinski definition) is 7. The molecule has 1 aromatic heterocycles. The molecule has 150 valence electrons. The Hall–Kier alpha value is -3.46. The highest BCUT2D eigenvalue weighted by Crippen LogP contribution is 2.23. The van der Waals surface area contributed by atoms with E-state index in [1.54, 1.807) is 24.3 Å². The summed E-state index contributed by atoms with van der Waals surface area (Å²) in [5, 5.41) is 6.26. The van der Waals surface area contributed by atoms with E-state index < -0.39 is 24.3 Å². The molecule has 0 bridgehead atoms. The largest absolute Gasteiger partial charge is 0.495 e. The van der Waals surface area contributed by atoms with Crippen LogP contribution in [0.4, 0.5) is 10.1 Å². The summed E-state index contributed by atoms with van der Waals surface area (Å²) in [5.74, 6) is -1.62. The van der Waals surface area contributed by atoms with Crippen LogP contribution in [0.5, 0.6) is 5.75 Å². The maximum atomic E-state index is 13.7. The fraction of sp³-hybridized carbons (Fsp3) is 0.158. The van der Waals surface area contributed by atoms with Gasteiger partial charge < -0.3 is 19.3 Å². The molecule has 3 rings (SSSR count). The molecule has 0 aliphatic rings. The smallest absolute Gasteiger partial charge is 0.343 e. The fourth-order valence-electron chi connectivity index (χ4n) is 2.40. The highest BCUT2D eigenvalue weighted by atomic mass is 35.5. The summed E-state index contributed by atoms with van der Waals surface area (Å²) in [7, 11) is 1.49. The lowest BCUT2D eigenvalue weighted by Gasteiger charge is -2.08. The Morgan fingerprint density at radius 1 is 1.21 bits per heavy atom. The number of amides is 1. The molecule has 0 aliphatic heterocycles. The summed E-state index contributed by atoms with van der Waals surface area (Å²) in [6, 6.07) is 10.7. The zero-order valence-electron chi connectivity index (χ0n) is 15.1. The first kappa shape index (κ1) is 20.3. The van der Waals surface area contributed by atoms with Gasteiger partial charge >= 0.3 is 5.97 Å². The Morgan fingerprint density at radius 3 is 2.76 bits per heavy atom. The van der Waals surface area contributed by atoms with Crippen molar-refractivity contribution in [3.8, 4) is 5.75 Å². The molecule has 0 atom stereocenters. The van der Waals surface area contributed by atoms with Gasteiger partial charge in [0.1, 0.15) is 17.1 Å². The van der Waals surface area contributed by atoms with Gasteiger partial charge in [-0.05, 0) is 24.3 Å². The van der Waals surface area contributed by atoms with Crippen molar-refractivity contribution >= 4 is 29.2 Å². The second-order valence-electron chi connectivity index (χ2n) is 5.70. The van der Waals surface area contributed by atoms with Crippen LogP contribution in [-0.4, -0.2) is 29.1 Å². The second-order valence-corrected chi connectivity index (χ2v) is 6.11. The van der Waals surface area contributed by atoms with E-state index >= 15 is 0 Å². The number of anilines is 1. The lowest BCUT2D eigenvalue weighted by atomic mass is 10.2. The number of nitrogens with one attached hydrogen (secondary N) is 1. The van der Waals surface area contributed by atoms with E-state index in [1.165, 1.54) is 19.2 Å². The van der Waals surface area contributed by atoms with Gasteiger partial charge in [-0.2, -0.15) is 4.98 Å². The number of hydrogen-bond donors (Lipinski definition) is 1. The van der Waals surface area contributed by atoms with Crippen LogP contribution in [0.2, 0.25) is 5.02 Å². The number of halogens is 2. The highest BCUT2D eigenvalue weighted by molar-refractivity contribution is 6.33. The lowest BCUT2D eigenvalue weighted by molar-refractivity contribution is -0.115. The Labute approximate surface area is 169 Å². The van der Waals surface area contributed by atoms with E-state index in [0.717, 1.165) is 6.07 Å². The molecule has 8 nitrogen and oxygen atoms in total. The first-order valence-electron chi connectivity index (χ1n) is 8.33. The average molecular weight is 420 g/mol. The number of ether oxygens (including phenoxy) is 2. The van der Waals surface area contributed by atoms with Gasteiger partial charge in [0.15, 0.2) is 12.4 Å². The molecular weight excluding hydrogens is 405 g/mol. The van der Waals surface area contributed by atoms with Crippen LogP contribution in [0.3, 0.4) is 0 Å². The molecule has 1 amide bonds. The van der Waals surface area contributed by atoms with Crippen molar-refractivity contribution in [2.45, 2.75) is 13.0 Å². The molecule has 0 aliphatic carbocycles. The molecule has 1 heterocycles. The number of nitrogens with zero attached hydrogens (tertiary/aromatic N) is 2. The normalized spacial score (nSPS) is 10.4. The maximum Gasteiger partial charge on any atom is 0.343 e. The second kappa shape index (κ2) is 9.16. The Morgan fingerprint density at radius 2 is 2.00 bits per heavy atom. The van der Waals surface area contributed by atoms with Gasteiger partial charge in [-0.1, -0.05) is 35.0 Å². The summed E-state index contributed by atoms with van der Waals surface area (Å²) >= 11 is 5.81. The number of esters is 1. The van der Waals surface area contributed by atoms with E-state index in [1.807, 2.05) is 0 Å². The molecule has 0 spiro atoms. The number of carbonyl (C=O) groups excluding carboxylic acids is 2. The molecule has 0 unspecified atom stereocenters. The summed E-state index contributed by atoms with van der Waals surface area (Å²) < 4.78 is 28.8. The van der Waals surface area contributed by atoms with E-state index in [9.17, 15) is 14.0 Å². The molecule has 0 saturated carbocycles. The molecular formula is C19H15ClFN3O5. The van der Waals surface area contributed by atoms with Crippen LogP contribution in [0.25, 0.3) is 0 Å². The van der Waals surface area contributed by atoms with Crippen molar-refractivity contribution < 1.29 is 28.0 Å². The van der Waals surface area contributed by atoms with Gasteiger partial charge in [0.2, 0.25) is 5.91 Å². The van der Waals surface area contributed by atoms with Gasteiger partial charge in [0.05, 0.1) is 24.2 Å². The standard InChI is InChI=1S/C19H15ClFN3O5/c1-27-14-8-3-2-7-13(14)22-16(25)9-15-23-17(29-24-15)10-28-19(26)18-11(20)5-4-6-12(18)21/h2-8H,9-10H2,1H3,(H,22,25). The van der Waals surface area contributed by atoms with E-state index in [2.05, 4.69) is 15.5 Å². The first-order chi connectivity index (χ1) is 14.0. The van der Waals surface area contributed by atoms with Crippen molar-refractivity contribution in [3.05, 3.63) is 70.6 Å². The molecule has 10 heteroatoms. The fourth-order valence-corrected chi connectivity index (χ4v) is 2.64. The minimum absolute atomic E-state index is 0.0501. The number of aromatic nitrogens is 2. The predicted molar refractivity (Wildman–Crippen MR) is 100 cm³/mol. The van der Waals surface area contributed by atoms with Gasteiger partial charge in [-0.3, -0.25) is 4.79 Å². The number of para-hydroxylation sites is 2. The minimum Gasteiger partial charge on any atom is -0.495 e. The van der Waals surface area contributed by atoms with E-state index in [4.69, 9.17) is 25.6 Å². The molecule has 0 radical (unpaired) electrons. The molecule has 29 heavy (non-hydrogen) atoms. The predicted octanol–water partition coefficient (Wildman–Crippen LogP) is 3.41. The van der Waals surface area contributed by atoms with Gasteiger partial charge in [-0.15, -0.1) is 0 Å². The highest BCUT2D eigenvalue weighted by Gasteiger charge is 2.19. The van der Waals surface area contributed by atoms with Crippen molar-refractivity contribution in [2.24, 2.45) is 0 Å². The topological polar surface area (TPSA) is 104 Å². The summed E-state index contributed by atoms with van der Waals surface area (Å²) in [6.45, 7) is -0.398. The Balaban J connectivity index is 1.57. The minimum atomic E-state index is -0.971. The van der Waals surface area contributed by atoms with Crippen LogP contribution < -0.4 is 10.1 Å². The number of carbonyl (C=O) groups is 2. The zero-order valence-corrected chi connectivity index (χ0v) is 15.9. The molecule has 0 saturated heterocycles. The Bertz CT molecular complexity index is 1020. The monoisotopic (exact) mass is 419 g/mol. The SMILES string of the molecule is COc1ccccc1NC(=O)Cc1noc(COC(=O)c2c(F)cccc2Cl)n1. The van der Waals surface area contributed by atoms with Gasteiger partial charge in [-0.25, -0.2) is 9.18 Å². The third kappa shape index (κ3) is 5.08. The number of methoxy groups -OCH3 is 1. The summed E-state index contributed by atoms with van der Waals surface area (Å²) in [4.78, 5) is 28.1. The number of rotatable bonds is 7. The van der Waals surface area contributed by atoms with Crippen molar-refractivity contribution in [1.29, 1.82) is 0 Å². The molecule has 2 aromatic carbocycles. The zero-order chi connectivity index (χ0) is 20.8. The van der Waals surface area contributed by atoms with Gasteiger partial charge in [0, 0.05) is 0 Å². The van der Waals surface area contributed by atoms with Crippen molar-refractivity contribution in [1.82, 2.24) is 10.1 Å². The van der Waals surface area contributed by atoms with Crippen molar-refractivity contribution in [2.75, 3.05) is 12.4 Å². The van der Waals surface area contributed by atoms with Gasteiger partial charge in [0.25, 0.3) is 5.89 Å². The lowest BCUT2D eigenvalue weighted by Crippen LogP contribution is -2.15. The quantitative estimate of drug-likeness (QED) is 0.585. The van der Waals surface area contributed by atoms with E-state index in [-0.39, 0.29) is 28.7 Å². The van der Waals surface area contributed by atoms with Crippen LogP contribution >= 0.6 is 11.6 Å². The number of benzene rings is 2. The first-order valence-corrected chi connectivity index (χ1v) is 8.71. The third-order valence-electron chi connectivity index (χ3n) is 3.70. The molecule has 1 N–H and O–H groups in total. The molecule has 0 fully saturated rings. The van der Waals surface area contributed by atoms with Crippen LogP contribution in [0.15, 0.2) is 47.0 Å².